The zero-order valence-electron chi connectivity index (χ0n) is 11.1. The van der Waals surface area contributed by atoms with E-state index in [1.54, 1.807) is 6.07 Å². The van der Waals surface area contributed by atoms with E-state index in [-0.39, 0.29) is 11.9 Å². The molecular formula is C16H17BrFN. The lowest BCUT2D eigenvalue weighted by atomic mass is 9.94. The van der Waals surface area contributed by atoms with Crippen LogP contribution in [0.2, 0.25) is 0 Å². The number of benzene rings is 2. The van der Waals surface area contributed by atoms with Crippen molar-refractivity contribution < 1.29 is 4.39 Å². The summed E-state index contributed by atoms with van der Waals surface area (Å²) in [6.45, 7) is 4.10. The Kier molecular flexibility index (Phi) is 4.38. The molecule has 1 atom stereocenters. The first-order valence-corrected chi connectivity index (χ1v) is 7.04. The zero-order valence-corrected chi connectivity index (χ0v) is 12.7. The quantitative estimate of drug-likeness (QED) is 0.888. The Labute approximate surface area is 121 Å². The van der Waals surface area contributed by atoms with Crippen molar-refractivity contribution in [1.29, 1.82) is 0 Å². The summed E-state index contributed by atoms with van der Waals surface area (Å²) in [5.41, 5.74) is 10.7. The van der Waals surface area contributed by atoms with Crippen LogP contribution >= 0.6 is 15.9 Å². The predicted octanol–water partition coefficient (Wildman–Crippen LogP) is 4.45. The summed E-state index contributed by atoms with van der Waals surface area (Å²) in [4.78, 5) is 0. The van der Waals surface area contributed by atoms with Gasteiger partial charge in [0.2, 0.25) is 0 Å². The minimum Gasteiger partial charge on any atom is -0.324 e. The average Bonchev–Trinajstić information content (AvgIpc) is 2.38. The Morgan fingerprint density at radius 1 is 1.21 bits per heavy atom. The molecular weight excluding hydrogens is 305 g/mol. The monoisotopic (exact) mass is 321 g/mol. The molecule has 0 aliphatic carbocycles. The van der Waals surface area contributed by atoms with E-state index in [0.717, 1.165) is 11.1 Å². The molecule has 2 aromatic rings. The lowest BCUT2D eigenvalue weighted by Crippen LogP contribution is -2.15. The molecule has 2 rings (SSSR count). The molecule has 0 bridgehead atoms. The fourth-order valence-electron chi connectivity index (χ4n) is 2.21. The van der Waals surface area contributed by atoms with Crippen LogP contribution in [0.5, 0.6) is 0 Å². The van der Waals surface area contributed by atoms with Crippen LogP contribution in [0.1, 0.15) is 28.3 Å². The summed E-state index contributed by atoms with van der Waals surface area (Å²) < 4.78 is 14.0. The Hall–Kier alpha value is -1.19. The van der Waals surface area contributed by atoms with Crippen LogP contribution in [0.4, 0.5) is 4.39 Å². The van der Waals surface area contributed by atoms with Gasteiger partial charge < -0.3 is 5.73 Å². The van der Waals surface area contributed by atoms with E-state index in [2.05, 4.69) is 41.1 Å². The summed E-state index contributed by atoms with van der Waals surface area (Å²) in [5, 5.41) is 0. The fourth-order valence-corrected chi connectivity index (χ4v) is 2.64. The Bertz CT molecular complexity index is 595. The van der Waals surface area contributed by atoms with Gasteiger partial charge in [0.05, 0.1) is 4.47 Å². The van der Waals surface area contributed by atoms with Gasteiger partial charge in [-0.25, -0.2) is 4.39 Å². The first-order chi connectivity index (χ1) is 8.99. The third-order valence-corrected chi connectivity index (χ3v) is 4.19. The van der Waals surface area contributed by atoms with Gasteiger partial charge in [0.1, 0.15) is 5.82 Å². The molecule has 0 amide bonds. The van der Waals surface area contributed by atoms with Crippen molar-refractivity contribution in [2.45, 2.75) is 26.3 Å². The van der Waals surface area contributed by atoms with Gasteiger partial charge in [0.25, 0.3) is 0 Å². The van der Waals surface area contributed by atoms with Gasteiger partial charge in [-0.1, -0.05) is 35.9 Å². The highest BCUT2D eigenvalue weighted by atomic mass is 79.9. The lowest BCUT2D eigenvalue weighted by molar-refractivity contribution is 0.614. The number of hydrogen-bond donors (Lipinski definition) is 1. The van der Waals surface area contributed by atoms with Crippen LogP contribution in [0, 0.1) is 19.7 Å². The second-order valence-electron chi connectivity index (χ2n) is 4.88. The maximum absolute atomic E-state index is 13.5. The van der Waals surface area contributed by atoms with E-state index < -0.39 is 0 Å². The summed E-state index contributed by atoms with van der Waals surface area (Å²) in [6.07, 6.45) is 0.614. The fraction of sp³-hybridized carbons (Fsp3) is 0.250. The molecule has 0 radical (unpaired) electrons. The maximum atomic E-state index is 13.5. The summed E-state index contributed by atoms with van der Waals surface area (Å²) in [5.74, 6) is -0.245. The van der Waals surface area contributed by atoms with Crippen molar-refractivity contribution in [1.82, 2.24) is 0 Å². The molecule has 1 unspecified atom stereocenters. The molecule has 2 N–H and O–H groups in total. The van der Waals surface area contributed by atoms with Gasteiger partial charge in [-0.15, -0.1) is 0 Å². The Balaban J connectivity index is 2.28. The largest absolute Gasteiger partial charge is 0.324 e. The molecule has 100 valence electrons. The van der Waals surface area contributed by atoms with E-state index in [1.165, 1.54) is 17.2 Å². The van der Waals surface area contributed by atoms with E-state index in [1.807, 2.05) is 13.0 Å². The van der Waals surface area contributed by atoms with E-state index in [0.29, 0.717) is 10.9 Å². The molecule has 0 aliphatic rings. The van der Waals surface area contributed by atoms with Crippen molar-refractivity contribution in [3.05, 3.63) is 68.9 Å². The molecule has 2 aromatic carbocycles. The topological polar surface area (TPSA) is 26.0 Å². The zero-order chi connectivity index (χ0) is 14.0. The van der Waals surface area contributed by atoms with Crippen LogP contribution in [-0.2, 0) is 6.42 Å². The average molecular weight is 322 g/mol. The second-order valence-corrected chi connectivity index (χ2v) is 5.68. The van der Waals surface area contributed by atoms with Crippen molar-refractivity contribution >= 4 is 15.9 Å². The highest BCUT2D eigenvalue weighted by Crippen LogP contribution is 2.26. The molecule has 0 saturated heterocycles. The molecule has 1 nitrogen and oxygen atoms in total. The number of halogens is 2. The van der Waals surface area contributed by atoms with Crippen LogP contribution in [0.15, 0.2) is 40.9 Å². The molecule has 19 heavy (non-hydrogen) atoms. The van der Waals surface area contributed by atoms with Crippen molar-refractivity contribution in [3.8, 4) is 0 Å². The molecule has 0 saturated carbocycles. The highest BCUT2D eigenvalue weighted by molar-refractivity contribution is 9.10. The maximum Gasteiger partial charge on any atom is 0.137 e. The molecule has 0 aliphatic heterocycles. The standard InChI is InChI=1S/C16H17BrFN/c1-10-6-7-11(2)13(8-10)15(19)9-12-4-3-5-14(18)16(12)17/h3-8,15H,9,19H2,1-2H3. The molecule has 0 spiro atoms. The first kappa shape index (κ1) is 14.2. The summed E-state index contributed by atoms with van der Waals surface area (Å²) in [7, 11) is 0. The number of aryl methyl sites for hydroxylation is 2. The Morgan fingerprint density at radius 2 is 1.95 bits per heavy atom. The third-order valence-electron chi connectivity index (χ3n) is 3.31. The van der Waals surface area contributed by atoms with Gasteiger partial charge in [0, 0.05) is 6.04 Å². The second kappa shape index (κ2) is 5.85. The van der Waals surface area contributed by atoms with Crippen molar-refractivity contribution in [3.63, 3.8) is 0 Å². The van der Waals surface area contributed by atoms with Crippen LogP contribution in [0.3, 0.4) is 0 Å². The van der Waals surface area contributed by atoms with Gasteiger partial charge in [0.15, 0.2) is 0 Å². The minimum atomic E-state index is -0.245. The van der Waals surface area contributed by atoms with Crippen LogP contribution < -0.4 is 5.73 Å². The number of rotatable bonds is 3. The van der Waals surface area contributed by atoms with Crippen LogP contribution in [0.25, 0.3) is 0 Å². The molecule has 3 heteroatoms. The molecule has 0 fully saturated rings. The smallest absolute Gasteiger partial charge is 0.137 e. The molecule has 0 heterocycles. The Morgan fingerprint density at radius 3 is 2.68 bits per heavy atom. The van der Waals surface area contributed by atoms with Gasteiger partial charge in [-0.2, -0.15) is 0 Å². The van der Waals surface area contributed by atoms with E-state index in [4.69, 9.17) is 5.73 Å². The normalized spacial score (nSPS) is 12.5. The first-order valence-electron chi connectivity index (χ1n) is 6.24. The van der Waals surface area contributed by atoms with Crippen LogP contribution in [-0.4, -0.2) is 0 Å². The van der Waals surface area contributed by atoms with Gasteiger partial charge in [-0.05, 0) is 59.0 Å². The third kappa shape index (κ3) is 3.23. The number of nitrogens with two attached hydrogens (primary N) is 1. The SMILES string of the molecule is Cc1ccc(C)c(C(N)Cc2cccc(F)c2Br)c1. The number of hydrogen-bond acceptors (Lipinski definition) is 1. The molecule has 0 aromatic heterocycles. The minimum absolute atomic E-state index is 0.127. The highest BCUT2D eigenvalue weighted by Gasteiger charge is 2.13. The van der Waals surface area contributed by atoms with E-state index in [9.17, 15) is 4.39 Å². The van der Waals surface area contributed by atoms with Crippen molar-refractivity contribution in [2.24, 2.45) is 5.73 Å². The summed E-state index contributed by atoms with van der Waals surface area (Å²) >= 11 is 3.28. The lowest BCUT2D eigenvalue weighted by Gasteiger charge is -2.16. The van der Waals surface area contributed by atoms with Crippen molar-refractivity contribution in [2.75, 3.05) is 0 Å². The van der Waals surface area contributed by atoms with Gasteiger partial charge in [-0.3, -0.25) is 0 Å². The van der Waals surface area contributed by atoms with Gasteiger partial charge >= 0.3 is 0 Å². The summed E-state index contributed by atoms with van der Waals surface area (Å²) in [6, 6.07) is 11.2. The predicted molar refractivity (Wildman–Crippen MR) is 80.6 cm³/mol. The van der Waals surface area contributed by atoms with E-state index >= 15 is 0 Å².